The zero-order valence-electron chi connectivity index (χ0n) is 10.3. The molecule has 0 aromatic heterocycles. The summed E-state index contributed by atoms with van der Waals surface area (Å²) in [5.41, 5.74) is 1.87. The molecule has 0 bridgehead atoms. The van der Waals surface area contributed by atoms with Crippen molar-refractivity contribution in [3.63, 3.8) is 0 Å². The van der Waals surface area contributed by atoms with E-state index in [0.717, 1.165) is 17.6 Å². The third kappa shape index (κ3) is 4.15. The Labute approximate surface area is 103 Å². The van der Waals surface area contributed by atoms with Crippen LogP contribution in [0, 0.1) is 6.92 Å². The second-order valence-corrected chi connectivity index (χ2v) is 5.51. The van der Waals surface area contributed by atoms with Crippen LogP contribution in [0.5, 0.6) is 0 Å². The molecule has 0 unspecified atom stereocenters. The number of rotatable bonds is 4. The number of hydrogen-bond donors (Lipinski definition) is 0. The summed E-state index contributed by atoms with van der Waals surface area (Å²) in [4.78, 5) is 0.226. The zero-order chi connectivity index (χ0) is 12.9. The molecule has 0 saturated carbocycles. The Morgan fingerprint density at radius 3 is 2.41 bits per heavy atom. The summed E-state index contributed by atoms with van der Waals surface area (Å²) in [5, 5.41) is 0. The lowest BCUT2D eigenvalue weighted by atomic mass is 10.2. The molecule has 0 atom stereocenters. The highest BCUT2D eigenvalue weighted by atomic mass is 32.2. The minimum absolute atomic E-state index is 0.226. The fraction of sp³-hybridized carbons (Fsp3) is 0.308. The lowest BCUT2D eigenvalue weighted by Crippen LogP contribution is -1.97. The van der Waals surface area contributed by atoms with E-state index in [9.17, 15) is 8.42 Å². The predicted molar refractivity (Wildman–Crippen MR) is 70.9 cm³/mol. The van der Waals surface area contributed by atoms with E-state index in [2.05, 4.69) is 4.40 Å². The quantitative estimate of drug-likeness (QED) is 0.772. The Kier molecular flexibility index (Phi) is 4.63. The van der Waals surface area contributed by atoms with Crippen LogP contribution in [0.3, 0.4) is 0 Å². The molecule has 0 amide bonds. The molecule has 17 heavy (non-hydrogen) atoms. The minimum Gasteiger partial charge on any atom is -0.199 e. The van der Waals surface area contributed by atoms with Crippen molar-refractivity contribution in [3.05, 3.63) is 41.5 Å². The van der Waals surface area contributed by atoms with Crippen molar-refractivity contribution in [1.82, 2.24) is 0 Å². The Bertz CT molecular complexity index is 525. The van der Waals surface area contributed by atoms with Crippen LogP contribution in [0.1, 0.15) is 25.8 Å². The maximum Gasteiger partial charge on any atom is 0.282 e. The number of allylic oxidation sites excluding steroid dienone is 2. The molecule has 0 aliphatic rings. The Morgan fingerprint density at radius 2 is 1.88 bits per heavy atom. The zero-order valence-corrected chi connectivity index (χ0v) is 11.2. The molecule has 1 aromatic carbocycles. The van der Waals surface area contributed by atoms with E-state index in [1.807, 2.05) is 26.8 Å². The van der Waals surface area contributed by atoms with Crippen LogP contribution in [0.2, 0.25) is 0 Å². The van der Waals surface area contributed by atoms with Gasteiger partial charge in [0.2, 0.25) is 0 Å². The highest BCUT2D eigenvalue weighted by Gasteiger charge is 2.10. The van der Waals surface area contributed by atoms with Crippen molar-refractivity contribution in [1.29, 1.82) is 0 Å². The van der Waals surface area contributed by atoms with Gasteiger partial charge >= 0.3 is 0 Å². The van der Waals surface area contributed by atoms with Crippen molar-refractivity contribution >= 4 is 16.2 Å². The van der Waals surface area contributed by atoms with Crippen molar-refractivity contribution in [2.45, 2.75) is 32.1 Å². The van der Waals surface area contributed by atoms with E-state index < -0.39 is 10.0 Å². The third-order valence-electron chi connectivity index (χ3n) is 2.24. The van der Waals surface area contributed by atoms with Gasteiger partial charge in [-0.15, -0.1) is 0 Å². The summed E-state index contributed by atoms with van der Waals surface area (Å²) in [6.45, 7) is 5.73. The largest absolute Gasteiger partial charge is 0.282 e. The first-order valence-corrected chi connectivity index (χ1v) is 6.93. The van der Waals surface area contributed by atoms with Crippen molar-refractivity contribution in [2.75, 3.05) is 0 Å². The van der Waals surface area contributed by atoms with Gasteiger partial charge in [0.05, 0.1) is 4.90 Å². The predicted octanol–water partition coefficient (Wildman–Crippen LogP) is 3.11. The molecule has 1 rings (SSSR count). The van der Waals surface area contributed by atoms with Gasteiger partial charge in [-0.1, -0.05) is 30.7 Å². The number of aryl methyl sites for hydroxylation is 1. The topological polar surface area (TPSA) is 46.5 Å². The van der Waals surface area contributed by atoms with E-state index >= 15 is 0 Å². The smallest absolute Gasteiger partial charge is 0.199 e. The van der Waals surface area contributed by atoms with E-state index in [1.54, 1.807) is 24.3 Å². The summed E-state index contributed by atoms with van der Waals surface area (Å²) in [6.07, 6.45) is 4.18. The van der Waals surface area contributed by atoms with Crippen LogP contribution < -0.4 is 0 Å². The van der Waals surface area contributed by atoms with Gasteiger partial charge < -0.3 is 0 Å². The lowest BCUT2D eigenvalue weighted by molar-refractivity contribution is 0.598. The molecule has 4 heteroatoms. The Balaban J connectivity index is 2.97. The average molecular weight is 251 g/mol. The van der Waals surface area contributed by atoms with Crippen LogP contribution in [0.4, 0.5) is 0 Å². The average Bonchev–Trinajstić information content (AvgIpc) is 2.28. The summed E-state index contributed by atoms with van der Waals surface area (Å²) in [6, 6.07) is 6.66. The summed E-state index contributed by atoms with van der Waals surface area (Å²) < 4.78 is 27.3. The SMILES string of the molecule is CC/C=C(C)/C=N/S(=O)(=O)c1ccc(C)cc1. The van der Waals surface area contributed by atoms with Crippen molar-refractivity contribution < 1.29 is 8.42 Å². The van der Waals surface area contributed by atoms with Crippen molar-refractivity contribution in [2.24, 2.45) is 4.40 Å². The molecule has 0 spiro atoms. The van der Waals surface area contributed by atoms with Gasteiger partial charge in [-0.2, -0.15) is 12.8 Å². The number of hydrogen-bond acceptors (Lipinski definition) is 2. The second kappa shape index (κ2) is 5.77. The molecule has 92 valence electrons. The molecular formula is C13H17NO2S. The maximum atomic E-state index is 11.8. The fourth-order valence-corrected chi connectivity index (χ4v) is 2.21. The van der Waals surface area contributed by atoms with E-state index in [-0.39, 0.29) is 4.90 Å². The summed E-state index contributed by atoms with van der Waals surface area (Å²) in [7, 11) is -3.56. The monoisotopic (exact) mass is 251 g/mol. The number of benzene rings is 1. The molecule has 0 N–H and O–H groups in total. The maximum absolute atomic E-state index is 11.8. The standard InChI is InChI=1S/C13H17NO2S/c1-4-5-12(3)10-14-17(15,16)13-8-6-11(2)7-9-13/h5-10H,4H2,1-3H3/b12-5+,14-10+. The Hall–Kier alpha value is -1.42. The van der Waals surface area contributed by atoms with E-state index in [1.165, 1.54) is 6.21 Å². The first kappa shape index (κ1) is 13.6. The molecule has 0 fully saturated rings. The van der Waals surface area contributed by atoms with Crippen molar-refractivity contribution in [3.8, 4) is 0 Å². The van der Waals surface area contributed by atoms with Crippen LogP contribution in [-0.4, -0.2) is 14.6 Å². The van der Waals surface area contributed by atoms with E-state index in [0.29, 0.717) is 0 Å². The lowest BCUT2D eigenvalue weighted by Gasteiger charge is -1.99. The van der Waals surface area contributed by atoms with Gasteiger partial charge in [-0.05, 0) is 38.0 Å². The van der Waals surface area contributed by atoms with Crippen LogP contribution >= 0.6 is 0 Å². The van der Waals surface area contributed by atoms with Crippen LogP contribution in [-0.2, 0) is 10.0 Å². The Morgan fingerprint density at radius 1 is 1.29 bits per heavy atom. The normalized spacial score (nSPS) is 13.2. The molecule has 0 radical (unpaired) electrons. The van der Waals surface area contributed by atoms with Gasteiger partial charge in [0, 0.05) is 6.21 Å². The van der Waals surface area contributed by atoms with Crippen LogP contribution in [0.25, 0.3) is 0 Å². The molecule has 0 aliphatic heterocycles. The molecule has 0 saturated heterocycles. The molecule has 0 heterocycles. The second-order valence-electron chi connectivity index (χ2n) is 3.88. The highest BCUT2D eigenvalue weighted by molar-refractivity contribution is 7.90. The number of nitrogens with zero attached hydrogens (tertiary/aromatic N) is 1. The molecule has 1 aromatic rings. The molecule has 0 aliphatic carbocycles. The van der Waals surface area contributed by atoms with Crippen LogP contribution in [0.15, 0.2) is 45.2 Å². The third-order valence-corrected chi connectivity index (χ3v) is 3.49. The van der Waals surface area contributed by atoms with Gasteiger partial charge in [0.25, 0.3) is 10.0 Å². The molecule has 3 nitrogen and oxygen atoms in total. The minimum atomic E-state index is -3.56. The fourth-order valence-electron chi connectivity index (χ4n) is 1.30. The molecular weight excluding hydrogens is 234 g/mol. The van der Waals surface area contributed by atoms with E-state index in [4.69, 9.17) is 0 Å². The first-order valence-electron chi connectivity index (χ1n) is 5.49. The first-order chi connectivity index (χ1) is 7.95. The van der Waals surface area contributed by atoms with Gasteiger partial charge in [0.15, 0.2) is 0 Å². The highest BCUT2D eigenvalue weighted by Crippen LogP contribution is 2.13. The van der Waals surface area contributed by atoms with Gasteiger partial charge in [-0.3, -0.25) is 0 Å². The number of sulfonamides is 1. The van der Waals surface area contributed by atoms with Gasteiger partial charge in [-0.25, -0.2) is 0 Å². The summed E-state index contributed by atoms with van der Waals surface area (Å²) >= 11 is 0. The van der Waals surface area contributed by atoms with Gasteiger partial charge in [0.1, 0.15) is 0 Å². The summed E-state index contributed by atoms with van der Waals surface area (Å²) in [5.74, 6) is 0.